The fourth-order valence-corrected chi connectivity index (χ4v) is 7.12. The van der Waals surface area contributed by atoms with Crippen LogP contribution in [-0.2, 0) is 35.3 Å². The molecule has 0 aromatic carbocycles. The van der Waals surface area contributed by atoms with E-state index in [1.165, 1.54) is 73.6 Å². The lowest BCUT2D eigenvalue weighted by atomic mass is 9.86. The highest BCUT2D eigenvalue weighted by atomic mass is 32.2. The first kappa shape index (κ1) is 24.3. The van der Waals surface area contributed by atoms with Gasteiger partial charge in [-0.3, -0.25) is 4.79 Å². The van der Waals surface area contributed by atoms with E-state index in [0.29, 0.717) is 10.6 Å². The number of nitrogens with one attached hydrogen (secondary N) is 1. The maximum atomic E-state index is 12.8. The molecule has 0 radical (unpaired) electrons. The number of methoxy groups -OCH3 is 1. The summed E-state index contributed by atoms with van der Waals surface area (Å²) >= 11 is 2.91. The van der Waals surface area contributed by atoms with E-state index in [1.807, 2.05) is 0 Å². The monoisotopic (exact) mass is 490 g/mol. The average Bonchev–Trinajstić information content (AvgIpc) is 3.41. The fourth-order valence-electron chi connectivity index (χ4n) is 5.00. The Balaban J connectivity index is 1.37. The lowest BCUT2D eigenvalue weighted by Gasteiger charge is -2.21. The smallest absolute Gasteiger partial charge is 0.341 e. The molecule has 33 heavy (non-hydrogen) atoms. The molecule has 0 bridgehead atoms. The standard InChI is InChI=1S/C24H34N4O3S2/c1-3-28-19(14-13-16-9-5-4-6-10-16)26-27-24(28)32-15-20(29)25-22-21(23(30)31-2)17-11-7-8-12-18(17)33-22/h16H,3-15H2,1-2H3,(H,25,29). The van der Waals surface area contributed by atoms with Gasteiger partial charge in [-0.1, -0.05) is 43.9 Å². The van der Waals surface area contributed by atoms with Gasteiger partial charge in [0.15, 0.2) is 5.16 Å². The average molecular weight is 491 g/mol. The third-order valence-electron chi connectivity index (χ3n) is 6.76. The Hall–Kier alpha value is -1.87. The topological polar surface area (TPSA) is 86.1 Å². The molecule has 0 unspecified atom stereocenters. The van der Waals surface area contributed by atoms with Gasteiger partial charge in [0.25, 0.3) is 0 Å². The summed E-state index contributed by atoms with van der Waals surface area (Å²) in [6.07, 6.45) is 12.9. The Morgan fingerprint density at radius 3 is 2.70 bits per heavy atom. The van der Waals surface area contributed by atoms with E-state index in [2.05, 4.69) is 27.0 Å². The number of amides is 1. The number of thiophene rings is 1. The Labute approximate surface area is 204 Å². The van der Waals surface area contributed by atoms with E-state index in [-0.39, 0.29) is 17.6 Å². The first-order valence-electron chi connectivity index (χ1n) is 12.2. The molecule has 2 aliphatic rings. The lowest BCUT2D eigenvalue weighted by Crippen LogP contribution is -2.17. The van der Waals surface area contributed by atoms with Gasteiger partial charge in [0.2, 0.25) is 5.91 Å². The van der Waals surface area contributed by atoms with Crippen LogP contribution in [0.5, 0.6) is 0 Å². The zero-order valence-corrected chi connectivity index (χ0v) is 21.3. The molecule has 2 aromatic rings. The Kier molecular flexibility index (Phi) is 8.46. The minimum atomic E-state index is -0.370. The lowest BCUT2D eigenvalue weighted by molar-refractivity contribution is -0.113. The molecule has 7 nitrogen and oxygen atoms in total. The van der Waals surface area contributed by atoms with Gasteiger partial charge in [-0.2, -0.15) is 0 Å². The van der Waals surface area contributed by atoms with Crippen LogP contribution in [0.3, 0.4) is 0 Å². The highest BCUT2D eigenvalue weighted by Gasteiger charge is 2.27. The normalized spacial score (nSPS) is 16.4. The third kappa shape index (κ3) is 5.80. The molecule has 1 amide bonds. The number of anilines is 1. The summed E-state index contributed by atoms with van der Waals surface area (Å²) in [6.45, 7) is 2.89. The molecule has 0 spiro atoms. The first-order valence-corrected chi connectivity index (χ1v) is 14.0. The summed E-state index contributed by atoms with van der Waals surface area (Å²) in [4.78, 5) is 26.4. The van der Waals surface area contributed by atoms with Crippen LogP contribution in [0.2, 0.25) is 0 Å². The van der Waals surface area contributed by atoms with Gasteiger partial charge in [0, 0.05) is 17.8 Å². The van der Waals surface area contributed by atoms with Gasteiger partial charge in [-0.15, -0.1) is 21.5 Å². The van der Waals surface area contributed by atoms with Crippen LogP contribution in [0.15, 0.2) is 5.16 Å². The van der Waals surface area contributed by atoms with Crippen molar-refractivity contribution in [3.05, 3.63) is 21.8 Å². The molecule has 2 aliphatic carbocycles. The third-order valence-corrected chi connectivity index (χ3v) is 8.93. The molecule has 180 valence electrons. The van der Waals surface area contributed by atoms with Gasteiger partial charge in [-0.25, -0.2) is 4.79 Å². The summed E-state index contributed by atoms with van der Waals surface area (Å²) in [7, 11) is 1.39. The van der Waals surface area contributed by atoms with Crippen LogP contribution in [0, 0.1) is 5.92 Å². The van der Waals surface area contributed by atoms with Crippen molar-refractivity contribution in [1.29, 1.82) is 0 Å². The molecular formula is C24H34N4O3S2. The number of esters is 1. The van der Waals surface area contributed by atoms with Crippen LogP contribution >= 0.6 is 23.1 Å². The second-order valence-corrected chi connectivity index (χ2v) is 11.0. The maximum absolute atomic E-state index is 12.8. The van der Waals surface area contributed by atoms with Gasteiger partial charge in [0.1, 0.15) is 10.8 Å². The molecule has 1 N–H and O–H groups in total. The second-order valence-electron chi connectivity index (χ2n) is 8.93. The van der Waals surface area contributed by atoms with Crippen molar-refractivity contribution in [2.45, 2.75) is 89.3 Å². The van der Waals surface area contributed by atoms with Crippen molar-refractivity contribution in [2.24, 2.45) is 5.92 Å². The maximum Gasteiger partial charge on any atom is 0.341 e. The molecular weight excluding hydrogens is 456 g/mol. The molecule has 1 fully saturated rings. The largest absolute Gasteiger partial charge is 0.465 e. The molecule has 0 aliphatic heterocycles. The number of hydrogen-bond acceptors (Lipinski definition) is 7. The number of aryl methyl sites for hydroxylation is 2. The molecule has 1 saturated carbocycles. The van der Waals surface area contributed by atoms with Crippen LogP contribution < -0.4 is 5.32 Å². The van der Waals surface area contributed by atoms with Crippen molar-refractivity contribution in [2.75, 3.05) is 18.2 Å². The number of hydrogen-bond donors (Lipinski definition) is 1. The molecule has 2 aromatic heterocycles. The number of ether oxygens (including phenoxy) is 1. The van der Waals surface area contributed by atoms with Crippen molar-refractivity contribution in [3.63, 3.8) is 0 Å². The number of thioether (sulfide) groups is 1. The van der Waals surface area contributed by atoms with Crippen molar-refractivity contribution in [1.82, 2.24) is 14.8 Å². The van der Waals surface area contributed by atoms with Crippen molar-refractivity contribution < 1.29 is 14.3 Å². The summed E-state index contributed by atoms with van der Waals surface area (Å²) in [5, 5.41) is 13.2. The second kappa shape index (κ2) is 11.5. The number of nitrogens with zero attached hydrogens (tertiary/aromatic N) is 3. The van der Waals surface area contributed by atoms with E-state index in [1.54, 1.807) is 0 Å². The number of rotatable bonds is 9. The van der Waals surface area contributed by atoms with Crippen molar-refractivity contribution >= 4 is 40.0 Å². The Bertz CT molecular complexity index is 979. The molecule has 2 heterocycles. The first-order chi connectivity index (χ1) is 16.1. The summed E-state index contributed by atoms with van der Waals surface area (Å²) in [5.41, 5.74) is 1.59. The zero-order chi connectivity index (χ0) is 23.2. The van der Waals surface area contributed by atoms with Crippen LogP contribution in [0.4, 0.5) is 5.00 Å². The minimum absolute atomic E-state index is 0.141. The number of fused-ring (bicyclic) bond motifs is 1. The van der Waals surface area contributed by atoms with Crippen LogP contribution in [-0.4, -0.2) is 39.5 Å². The van der Waals surface area contributed by atoms with Crippen LogP contribution in [0.1, 0.15) is 84.9 Å². The number of carbonyl (C=O) groups is 2. The molecule has 9 heteroatoms. The van der Waals surface area contributed by atoms with Crippen LogP contribution in [0.25, 0.3) is 0 Å². The minimum Gasteiger partial charge on any atom is -0.465 e. The highest BCUT2D eigenvalue weighted by molar-refractivity contribution is 7.99. The van der Waals surface area contributed by atoms with E-state index in [4.69, 9.17) is 4.74 Å². The Morgan fingerprint density at radius 1 is 1.15 bits per heavy atom. The molecule has 0 saturated heterocycles. The van der Waals surface area contributed by atoms with E-state index in [0.717, 1.165) is 61.1 Å². The predicted octanol–water partition coefficient (Wildman–Crippen LogP) is 5.27. The predicted molar refractivity (Wildman–Crippen MR) is 132 cm³/mol. The highest BCUT2D eigenvalue weighted by Crippen LogP contribution is 2.38. The zero-order valence-electron chi connectivity index (χ0n) is 19.7. The molecule has 4 rings (SSSR count). The summed E-state index contributed by atoms with van der Waals surface area (Å²) < 4.78 is 7.13. The van der Waals surface area contributed by atoms with E-state index >= 15 is 0 Å². The Morgan fingerprint density at radius 2 is 1.94 bits per heavy atom. The van der Waals surface area contributed by atoms with E-state index in [9.17, 15) is 9.59 Å². The van der Waals surface area contributed by atoms with E-state index < -0.39 is 0 Å². The SMILES string of the molecule is CCn1c(CCC2CCCCC2)nnc1SCC(=O)Nc1sc2c(c1C(=O)OC)CCCC2. The molecule has 0 atom stereocenters. The van der Waals surface area contributed by atoms with Gasteiger partial charge in [0.05, 0.1) is 18.4 Å². The van der Waals surface area contributed by atoms with Gasteiger partial charge < -0.3 is 14.6 Å². The fraction of sp³-hybridized carbons (Fsp3) is 0.667. The van der Waals surface area contributed by atoms with Gasteiger partial charge >= 0.3 is 5.97 Å². The number of aromatic nitrogens is 3. The quantitative estimate of drug-likeness (QED) is 0.381. The van der Waals surface area contributed by atoms with Gasteiger partial charge in [-0.05, 0) is 50.5 Å². The van der Waals surface area contributed by atoms with Crippen molar-refractivity contribution in [3.8, 4) is 0 Å². The number of carbonyl (C=O) groups excluding carboxylic acids is 2. The summed E-state index contributed by atoms with van der Waals surface area (Å²) in [5.74, 6) is 1.54. The summed E-state index contributed by atoms with van der Waals surface area (Å²) in [6, 6.07) is 0.